The van der Waals surface area contributed by atoms with Gasteiger partial charge in [0.1, 0.15) is 28.6 Å². The van der Waals surface area contributed by atoms with Gasteiger partial charge in [0.2, 0.25) is 0 Å². The Morgan fingerprint density at radius 3 is 1.88 bits per heavy atom. The maximum absolute atomic E-state index is 13.7. The summed E-state index contributed by atoms with van der Waals surface area (Å²) in [6.45, 7) is 0. The van der Waals surface area contributed by atoms with Crippen molar-refractivity contribution in [2.24, 2.45) is 0 Å². The first-order chi connectivity index (χ1) is 25.1. The molecule has 0 radical (unpaired) electrons. The zero-order valence-electron chi connectivity index (χ0n) is 27.5. The summed E-state index contributed by atoms with van der Waals surface area (Å²) < 4.78 is 27.5. The van der Waals surface area contributed by atoms with E-state index in [0.717, 1.165) is 40.1 Å². The van der Waals surface area contributed by atoms with E-state index in [-0.39, 0.29) is 22.7 Å². The lowest BCUT2D eigenvalue weighted by Crippen LogP contribution is -2.29. The minimum atomic E-state index is -0.356. The molecule has 10 heteroatoms. The Hall–Kier alpha value is -4.48. The first-order valence-electron chi connectivity index (χ1n) is 15.8. The van der Waals surface area contributed by atoms with Crippen LogP contribution in [0.3, 0.4) is 0 Å². The van der Waals surface area contributed by atoms with Gasteiger partial charge < -0.3 is 19.3 Å². The monoisotopic (exact) mass is 942 g/mol. The highest BCUT2D eigenvalue weighted by Gasteiger charge is 2.29. The number of para-hydroxylation sites is 2. The van der Waals surface area contributed by atoms with Crippen LogP contribution in [0.5, 0.6) is 11.5 Å². The van der Waals surface area contributed by atoms with Gasteiger partial charge in [-0.05, 0) is 154 Å². The molecular formula is C42H26Br4O6. The second-order valence-electron chi connectivity index (χ2n) is 11.7. The second-order valence-corrected chi connectivity index (χ2v) is 15.1. The van der Waals surface area contributed by atoms with Crippen molar-refractivity contribution in [2.45, 2.75) is 0 Å². The lowest BCUT2D eigenvalue weighted by atomic mass is 9.85. The zero-order valence-corrected chi connectivity index (χ0v) is 33.9. The topological polar surface area (TPSA) is 79.1 Å². The molecule has 0 saturated heterocycles. The summed E-state index contributed by atoms with van der Waals surface area (Å²) in [5, 5.41) is 13.7. The largest absolute Gasteiger partial charge is 0.871 e. The van der Waals surface area contributed by atoms with Crippen LogP contribution in [-0.4, -0.2) is 20.0 Å². The average molecular weight is 946 g/mol. The van der Waals surface area contributed by atoms with Crippen LogP contribution in [0.2, 0.25) is 0 Å². The lowest BCUT2D eigenvalue weighted by molar-refractivity contribution is -0.300. The third kappa shape index (κ3) is 7.25. The number of carbonyl (C=O) groups excluding carboxylic acids is 1. The lowest BCUT2D eigenvalue weighted by Gasteiger charge is -2.29. The molecule has 7 rings (SSSR count). The molecule has 4 aromatic carbocycles. The highest BCUT2D eigenvalue weighted by Crippen LogP contribution is 2.40. The normalized spacial score (nSPS) is 15.6. The van der Waals surface area contributed by atoms with Crippen molar-refractivity contribution in [1.82, 2.24) is 0 Å². The van der Waals surface area contributed by atoms with E-state index in [1.165, 1.54) is 0 Å². The van der Waals surface area contributed by atoms with Crippen LogP contribution < -0.4 is 14.6 Å². The van der Waals surface area contributed by atoms with Gasteiger partial charge in [-0.3, -0.25) is 4.79 Å². The number of ether oxygens (including phenoxy) is 3. The summed E-state index contributed by atoms with van der Waals surface area (Å²) in [5.74, 6) is 2.65. The van der Waals surface area contributed by atoms with Crippen molar-refractivity contribution in [2.75, 3.05) is 14.2 Å². The molecule has 0 spiro atoms. The number of allylic oxidation sites excluding steroid dienone is 6. The van der Waals surface area contributed by atoms with E-state index >= 15 is 0 Å². The summed E-state index contributed by atoms with van der Waals surface area (Å²) in [6.07, 6.45) is 6.83. The Balaban J connectivity index is 1.32. The van der Waals surface area contributed by atoms with Gasteiger partial charge in [0.15, 0.2) is 5.78 Å². The Labute approximate surface area is 334 Å². The molecular weight excluding hydrogens is 920 g/mol. The molecule has 52 heavy (non-hydrogen) atoms. The standard InChI is InChI=1S/C42H26Br4O6/c1-49-35-9-5-3-7-27(35)39-19-23(17-37(51-39)25-11-13-31(43)33(45)21-25)15-29-41(47)30(42(29)48)16-24-18-38(26-12-14-32(44)34(46)22-26)52-40(20-24)28-8-4-6-10-36(28)50-2/h3-22H,1-2H3. The van der Waals surface area contributed by atoms with Crippen molar-refractivity contribution < 1.29 is 28.5 Å². The second kappa shape index (κ2) is 15.2. The van der Waals surface area contributed by atoms with E-state index in [9.17, 15) is 9.90 Å². The first-order valence-corrected chi connectivity index (χ1v) is 19.0. The summed E-state index contributed by atoms with van der Waals surface area (Å²) in [4.78, 5) is 13.7. The minimum Gasteiger partial charge on any atom is -0.871 e. The van der Waals surface area contributed by atoms with Crippen LogP contribution in [0.4, 0.5) is 0 Å². The quantitative estimate of drug-likeness (QED) is 0.114. The smallest absolute Gasteiger partial charge is 0.365 e. The fourth-order valence-corrected chi connectivity index (χ4v) is 7.04. The van der Waals surface area contributed by atoms with Gasteiger partial charge in [0.05, 0.1) is 37.5 Å². The predicted octanol–water partition coefficient (Wildman–Crippen LogP) is 11.6. The molecule has 1 aliphatic heterocycles. The molecule has 0 unspecified atom stereocenters. The van der Waals surface area contributed by atoms with Crippen LogP contribution >= 0.6 is 63.7 Å². The molecule has 0 amide bonds. The van der Waals surface area contributed by atoms with Gasteiger partial charge in [-0.25, -0.2) is 4.42 Å². The Morgan fingerprint density at radius 1 is 0.654 bits per heavy atom. The molecule has 0 fully saturated rings. The summed E-state index contributed by atoms with van der Waals surface area (Å²) in [7, 11) is 3.19. The Kier molecular flexibility index (Phi) is 10.5. The zero-order chi connectivity index (χ0) is 36.5. The van der Waals surface area contributed by atoms with E-state index in [1.807, 2.05) is 97.1 Å². The van der Waals surface area contributed by atoms with Crippen molar-refractivity contribution in [3.63, 3.8) is 0 Å². The third-order valence-corrected chi connectivity index (χ3v) is 12.1. The Bertz CT molecular complexity index is 2440. The molecule has 0 N–H and O–H groups in total. The molecule has 2 aliphatic rings. The van der Waals surface area contributed by atoms with Crippen LogP contribution in [0.25, 0.3) is 40.2 Å². The maximum Gasteiger partial charge on any atom is 0.365 e. The summed E-state index contributed by atoms with van der Waals surface area (Å²) in [6, 6.07) is 30.1. The van der Waals surface area contributed by atoms with Crippen LogP contribution in [0.1, 0.15) is 16.7 Å². The highest BCUT2D eigenvalue weighted by molar-refractivity contribution is 9.13. The average Bonchev–Trinajstić information content (AvgIpc) is 3.17. The molecule has 0 atom stereocenters. The van der Waals surface area contributed by atoms with Gasteiger partial charge in [0.25, 0.3) is 0 Å². The number of carbonyl (C=O) groups is 1. The van der Waals surface area contributed by atoms with Crippen molar-refractivity contribution in [3.05, 3.63) is 172 Å². The number of rotatable bonds is 8. The molecule has 0 saturated carbocycles. The van der Waals surface area contributed by atoms with Crippen LogP contribution in [-0.2, 0) is 9.53 Å². The Morgan fingerprint density at radius 2 is 1.23 bits per heavy atom. The molecule has 2 heterocycles. The van der Waals surface area contributed by atoms with E-state index in [4.69, 9.17) is 18.6 Å². The third-order valence-electron chi connectivity index (χ3n) is 8.38. The minimum absolute atomic E-state index is 0.0778. The number of Topliss-reactive ketones (excluding diaryl/α,β-unsaturated/α-hetero) is 1. The fraction of sp³-hybridized carbons (Fsp3) is 0.0476. The van der Waals surface area contributed by atoms with Gasteiger partial charge >= 0.3 is 11.5 Å². The molecule has 1 aliphatic carbocycles. The highest BCUT2D eigenvalue weighted by atomic mass is 79.9. The molecule has 1 aromatic heterocycles. The SMILES string of the molecule is COc1ccccc1C1=CC(=CC2=C([O-])C(=Cc3cc(-c4ccc(Br)c(Br)c4)[o+]c(-c4ccccc4OC)c3)C2=O)C=C(c2ccc(Br)c(Br)c2)O1. The van der Waals surface area contributed by atoms with E-state index in [0.29, 0.717) is 45.7 Å². The number of ketones is 1. The van der Waals surface area contributed by atoms with Crippen molar-refractivity contribution in [1.29, 1.82) is 0 Å². The van der Waals surface area contributed by atoms with Gasteiger partial charge in [-0.2, -0.15) is 0 Å². The van der Waals surface area contributed by atoms with Gasteiger partial charge in [-0.1, -0.05) is 36.1 Å². The summed E-state index contributed by atoms with van der Waals surface area (Å²) >= 11 is 14.2. The van der Waals surface area contributed by atoms with Crippen molar-refractivity contribution in [3.8, 4) is 34.1 Å². The fourth-order valence-electron chi connectivity index (χ4n) is 5.78. The summed E-state index contributed by atoms with van der Waals surface area (Å²) in [5.41, 5.74) is 4.45. The molecule has 6 nitrogen and oxygen atoms in total. The van der Waals surface area contributed by atoms with E-state index in [2.05, 4.69) is 63.7 Å². The van der Waals surface area contributed by atoms with Gasteiger partial charge in [-0.15, -0.1) is 0 Å². The number of hydrogen-bond acceptors (Lipinski definition) is 5. The van der Waals surface area contributed by atoms with Gasteiger partial charge in [0, 0.05) is 34.6 Å². The first kappa shape index (κ1) is 35.9. The number of benzene rings is 4. The molecule has 0 bridgehead atoms. The maximum atomic E-state index is 13.7. The van der Waals surface area contributed by atoms with Crippen LogP contribution in [0.15, 0.2) is 160 Å². The van der Waals surface area contributed by atoms with Crippen molar-refractivity contribution >= 4 is 87.1 Å². The van der Waals surface area contributed by atoms with Crippen LogP contribution in [0, 0.1) is 0 Å². The number of hydrogen-bond donors (Lipinski definition) is 0. The van der Waals surface area contributed by atoms with E-state index in [1.54, 1.807) is 38.5 Å². The molecule has 5 aromatic rings. The number of halogens is 4. The predicted molar refractivity (Wildman–Crippen MR) is 216 cm³/mol. The van der Waals surface area contributed by atoms with E-state index < -0.39 is 0 Å². The number of methoxy groups -OCH3 is 2. The molecule has 258 valence electrons.